The van der Waals surface area contributed by atoms with E-state index in [1.807, 2.05) is 12.1 Å². The van der Waals surface area contributed by atoms with E-state index in [4.69, 9.17) is 9.47 Å². The van der Waals surface area contributed by atoms with Gasteiger partial charge in [0.15, 0.2) is 11.5 Å². The summed E-state index contributed by atoms with van der Waals surface area (Å²) in [5, 5.41) is 13.1. The molecule has 0 amide bonds. The van der Waals surface area contributed by atoms with Gasteiger partial charge < -0.3 is 14.6 Å². The lowest BCUT2D eigenvalue weighted by molar-refractivity contribution is -0.144. The first-order valence-corrected chi connectivity index (χ1v) is 7.12. The van der Waals surface area contributed by atoms with Crippen LogP contribution in [0.3, 0.4) is 0 Å². The number of benzene rings is 1. The summed E-state index contributed by atoms with van der Waals surface area (Å²) in [6, 6.07) is 4.99. The molecular weight excluding hydrogens is 266 g/mol. The standard InChI is InChI=1S/C13H17NO4S/c1-3-18-13(16)9-7-19-12(14-9)8-5-4-6-10(17-2)11(8)15/h4-6,9,12,14-15H,3,7H2,1-2H3/t9-,12?/m1/s1. The average Bonchev–Trinajstić information content (AvgIpc) is 2.89. The molecule has 0 radical (unpaired) electrons. The fourth-order valence-corrected chi connectivity index (χ4v) is 3.19. The summed E-state index contributed by atoms with van der Waals surface area (Å²) in [7, 11) is 1.51. The second-order valence-electron chi connectivity index (χ2n) is 4.08. The lowest BCUT2D eigenvalue weighted by atomic mass is 10.1. The van der Waals surface area contributed by atoms with E-state index in [0.29, 0.717) is 18.1 Å². The van der Waals surface area contributed by atoms with Gasteiger partial charge in [0.1, 0.15) is 6.04 Å². The lowest BCUT2D eigenvalue weighted by Gasteiger charge is -2.15. The molecule has 1 aromatic rings. The number of hydrogen-bond acceptors (Lipinski definition) is 6. The minimum atomic E-state index is -0.333. The van der Waals surface area contributed by atoms with Crippen LogP contribution < -0.4 is 10.1 Å². The molecule has 19 heavy (non-hydrogen) atoms. The van der Waals surface area contributed by atoms with Crippen LogP contribution in [-0.2, 0) is 9.53 Å². The van der Waals surface area contributed by atoms with Gasteiger partial charge in [-0.2, -0.15) is 0 Å². The van der Waals surface area contributed by atoms with Gasteiger partial charge in [-0.3, -0.25) is 10.1 Å². The van der Waals surface area contributed by atoms with Crippen molar-refractivity contribution >= 4 is 17.7 Å². The van der Waals surface area contributed by atoms with Crippen LogP contribution in [-0.4, -0.2) is 36.6 Å². The Balaban J connectivity index is 2.11. The average molecular weight is 283 g/mol. The highest BCUT2D eigenvalue weighted by Crippen LogP contribution is 2.41. The molecule has 1 aliphatic heterocycles. The third-order valence-electron chi connectivity index (χ3n) is 2.89. The smallest absolute Gasteiger partial charge is 0.324 e. The molecule has 5 nitrogen and oxygen atoms in total. The number of carbonyl (C=O) groups excluding carboxylic acids is 1. The number of methoxy groups -OCH3 is 1. The Kier molecular flexibility index (Phi) is 4.55. The largest absolute Gasteiger partial charge is 0.504 e. The number of para-hydroxylation sites is 1. The number of phenols is 1. The van der Waals surface area contributed by atoms with Gasteiger partial charge in [-0.1, -0.05) is 12.1 Å². The predicted molar refractivity (Wildman–Crippen MR) is 73.4 cm³/mol. The van der Waals surface area contributed by atoms with Gasteiger partial charge in [0, 0.05) is 11.3 Å². The van der Waals surface area contributed by atoms with Gasteiger partial charge in [-0.05, 0) is 13.0 Å². The molecule has 1 fully saturated rings. The van der Waals surface area contributed by atoms with E-state index < -0.39 is 0 Å². The summed E-state index contributed by atoms with van der Waals surface area (Å²) in [6.07, 6.45) is 0. The third kappa shape index (κ3) is 2.96. The van der Waals surface area contributed by atoms with Crippen LogP contribution in [0.2, 0.25) is 0 Å². The van der Waals surface area contributed by atoms with E-state index in [-0.39, 0.29) is 23.1 Å². The maximum atomic E-state index is 11.6. The van der Waals surface area contributed by atoms with Crippen LogP contribution in [0, 0.1) is 0 Å². The number of carbonyl (C=O) groups is 1. The van der Waals surface area contributed by atoms with Crippen LogP contribution in [0.5, 0.6) is 11.5 Å². The summed E-state index contributed by atoms with van der Waals surface area (Å²) < 4.78 is 10.1. The number of thioether (sulfide) groups is 1. The van der Waals surface area contributed by atoms with Gasteiger partial charge in [0.2, 0.25) is 0 Å². The van der Waals surface area contributed by atoms with Crippen molar-refractivity contribution in [2.45, 2.75) is 18.3 Å². The highest BCUT2D eigenvalue weighted by Gasteiger charge is 2.33. The van der Waals surface area contributed by atoms with E-state index in [1.54, 1.807) is 24.8 Å². The summed E-state index contributed by atoms with van der Waals surface area (Å²) >= 11 is 1.56. The summed E-state index contributed by atoms with van der Waals surface area (Å²) in [5.41, 5.74) is 0.719. The monoisotopic (exact) mass is 283 g/mol. The molecule has 1 saturated heterocycles. The van der Waals surface area contributed by atoms with E-state index in [0.717, 1.165) is 5.56 Å². The molecule has 2 atom stereocenters. The van der Waals surface area contributed by atoms with Gasteiger partial charge in [0.25, 0.3) is 0 Å². The minimum Gasteiger partial charge on any atom is -0.504 e. The van der Waals surface area contributed by atoms with Gasteiger partial charge in [-0.15, -0.1) is 11.8 Å². The molecule has 6 heteroatoms. The Morgan fingerprint density at radius 3 is 3.05 bits per heavy atom. The van der Waals surface area contributed by atoms with Crippen LogP contribution >= 0.6 is 11.8 Å². The molecule has 1 heterocycles. The maximum Gasteiger partial charge on any atom is 0.324 e. The zero-order valence-corrected chi connectivity index (χ0v) is 11.7. The van der Waals surface area contributed by atoms with Crippen LogP contribution in [0.1, 0.15) is 17.9 Å². The van der Waals surface area contributed by atoms with Crippen LogP contribution in [0.4, 0.5) is 0 Å². The van der Waals surface area contributed by atoms with Crippen molar-refractivity contribution in [1.29, 1.82) is 0 Å². The molecule has 0 bridgehead atoms. The first kappa shape index (κ1) is 14.0. The van der Waals surface area contributed by atoms with E-state index in [9.17, 15) is 9.90 Å². The zero-order chi connectivity index (χ0) is 13.8. The normalized spacial score (nSPS) is 22.2. The summed E-state index contributed by atoms with van der Waals surface area (Å²) in [4.78, 5) is 11.6. The molecule has 1 unspecified atom stereocenters. The fraction of sp³-hybridized carbons (Fsp3) is 0.462. The highest BCUT2D eigenvalue weighted by atomic mass is 32.2. The molecule has 1 aliphatic rings. The lowest BCUT2D eigenvalue weighted by Crippen LogP contribution is -2.35. The van der Waals surface area contributed by atoms with Crippen molar-refractivity contribution < 1.29 is 19.4 Å². The number of rotatable bonds is 4. The Morgan fingerprint density at radius 1 is 1.58 bits per heavy atom. The van der Waals surface area contributed by atoms with Crippen molar-refractivity contribution in [2.24, 2.45) is 0 Å². The van der Waals surface area contributed by atoms with E-state index in [2.05, 4.69) is 5.32 Å². The number of ether oxygens (including phenoxy) is 2. The first-order valence-electron chi connectivity index (χ1n) is 6.07. The second-order valence-corrected chi connectivity index (χ2v) is 5.22. The topological polar surface area (TPSA) is 67.8 Å². The maximum absolute atomic E-state index is 11.6. The van der Waals surface area contributed by atoms with Gasteiger partial charge >= 0.3 is 5.97 Å². The summed E-state index contributed by atoms with van der Waals surface area (Å²) in [5.74, 6) is 0.916. The molecule has 1 aromatic carbocycles. The number of hydrogen-bond donors (Lipinski definition) is 2. The van der Waals surface area contributed by atoms with Crippen molar-refractivity contribution in [1.82, 2.24) is 5.32 Å². The van der Waals surface area contributed by atoms with E-state index >= 15 is 0 Å². The summed E-state index contributed by atoms with van der Waals surface area (Å²) in [6.45, 7) is 2.15. The SMILES string of the molecule is CCOC(=O)[C@H]1CSC(c2cccc(OC)c2O)N1. The molecular formula is C13H17NO4S. The minimum absolute atomic E-state index is 0.111. The van der Waals surface area contributed by atoms with Crippen molar-refractivity contribution in [2.75, 3.05) is 19.5 Å². The molecule has 0 aromatic heterocycles. The zero-order valence-electron chi connectivity index (χ0n) is 10.9. The van der Waals surface area contributed by atoms with Gasteiger partial charge in [0.05, 0.1) is 19.1 Å². The van der Waals surface area contributed by atoms with Gasteiger partial charge in [-0.25, -0.2) is 0 Å². The molecule has 0 saturated carbocycles. The molecule has 104 valence electrons. The second kappa shape index (κ2) is 6.16. The fourth-order valence-electron chi connectivity index (χ4n) is 1.95. The Labute approximate surface area is 116 Å². The van der Waals surface area contributed by atoms with Crippen molar-refractivity contribution in [3.8, 4) is 11.5 Å². The number of nitrogens with one attached hydrogen (secondary N) is 1. The molecule has 2 N–H and O–H groups in total. The van der Waals surface area contributed by atoms with Crippen LogP contribution in [0.25, 0.3) is 0 Å². The Hall–Kier alpha value is -1.40. The van der Waals surface area contributed by atoms with Crippen LogP contribution in [0.15, 0.2) is 18.2 Å². The Morgan fingerprint density at radius 2 is 2.37 bits per heavy atom. The van der Waals surface area contributed by atoms with Crippen molar-refractivity contribution in [3.63, 3.8) is 0 Å². The quantitative estimate of drug-likeness (QED) is 0.819. The third-order valence-corrected chi connectivity index (χ3v) is 4.13. The molecule has 2 rings (SSSR count). The first-order chi connectivity index (χ1) is 9.17. The predicted octanol–water partition coefficient (Wildman–Crippen LogP) is 1.67. The van der Waals surface area contributed by atoms with E-state index in [1.165, 1.54) is 7.11 Å². The number of esters is 1. The molecule has 0 spiro atoms. The Bertz CT molecular complexity index is 466. The molecule has 0 aliphatic carbocycles. The van der Waals surface area contributed by atoms with Crippen molar-refractivity contribution in [3.05, 3.63) is 23.8 Å². The number of aromatic hydroxyl groups is 1. The highest BCUT2D eigenvalue weighted by molar-refractivity contribution is 7.99. The number of phenolic OH excluding ortho intramolecular Hbond substituents is 1.